The van der Waals surface area contributed by atoms with E-state index in [0.717, 1.165) is 37.9 Å². The predicted molar refractivity (Wildman–Crippen MR) is 84.3 cm³/mol. The van der Waals surface area contributed by atoms with Crippen LogP contribution in [0.4, 0.5) is 5.95 Å². The van der Waals surface area contributed by atoms with E-state index in [9.17, 15) is 9.59 Å². The van der Waals surface area contributed by atoms with Crippen molar-refractivity contribution in [2.24, 2.45) is 5.92 Å². The molecule has 2 amide bonds. The Balaban J connectivity index is 1.64. The molecule has 22 heavy (non-hydrogen) atoms. The molecule has 0 radical (unpaired) electrons. The molecule has 1 aromatic heterocycles. The lowest BCUT2D eigenvalue weighted by atomic mass is 10.1. The van der Waals surface area contributed by atoms with E-state index in [4.69, 9.17) is 0 Å². The fourth-order valence-corrected chi connectivity index (χ4v) is 4.15. The van der Waals surface area contributed by atoms with Gasteiger partial charge in [0.05, 0.1) is 5.88 Å². The molecule has 8 heteroatoms. The van der Waals surface area contributed by atoms with Crippen LogP contribution in [-0.4, -0.2) is 49.6 Å². The quantitative estimate of drug-likeness (QED) is 0.874. The predicted octanol–water partition coefficient (Wildman–Crippen LogP) is 1.40. The highest BCUT2D eigenvalue weighted by atomic mass is 32.2. The molecule has 0 spiro atoms. The molecule has 2 N–H and O–H groups in total. The highest BCUT2D eigenvalue weighted by molar-refractivity contribution is 7.99. The highest BCUT2D eigenvalue weighted by Crippen LogP contribution is 2.31. The van der Waals surface area contributed by atoms with Crippen molar-refractivity contribution in [3.63, 3.8) is 0 Å². The number of amides is 2. The number of aromatic nitrogens is 3. The standard InChI is InChI=1S/C14H21N5O2S/c1-2-11-15-14(18-17-11)16-12(20)10-7-22-8-19(10)13(21)9-5-3-4-6-9/h9-10H,2-8H2,1H3,(H2,15,16,17,18,20)/t10-/m0/s1. The van der Waals surface area contributed by atoms with Gasteiger partial charge in [-0.3, -0.25) is 20.0 Å². The minimum atomic E-state index is -0.415. The monoisotopic (exact) mass is 323 g/mol. The molecular weight excluding hydrogens is 302 g/mol. The minimum Gasteiger partial charge on any atom is -0.320 e. The third-order valence-corrected chi connectivity index (χ3v) is 5.29. The smallest absolute Gasteiger partial charge is 0.250 e. The van der Waals surface area contributed by atoms with Crippen molar-refractivity contribution in [3.05, 3.63) is 5.82 Å². The van der Waals surface area contributed by atoms with E-state index >= 15 is 0 Å². The van der Waals surface area contributed by atoms with Gasteiger partial charge in [-0.25, -0.2) is 0 Å². The van der Waals surface area contributed by atoms with Crippen LogP contribution < -0.4 is 5.32 Å². The molecule has 1 saturated heterocycles. The SMILES string of the molecule is CCc1nc(NC(=O)[C@@H]2CSCN2C(=O)C2CCCC2)n[nH]1. The normalized spacial score (nSPS) is 22.2. The molecule has 1 saturated carbocycles. The van der Waals surface area contributed by atoms with Crippen molar-refractivity contribution in [2.75, 3.05) is 16.9 Å². The number of nitrogens with one attached hydrogen (secondary N) is 2. The largest absolute Gasteiger partial charge is 0.320 e. The third-order valence-electron chi connectivity index (χ3n) is 4.27. The third kappa shape index (κ3) is 3.11. The van der Waals surface area contributed by atoms with Crippen LogP contribution in [-0.2, 0) is 16.0 Å². The maximum atomic E-state index is 12.6. The fraction of sp³-hybridized carbons (Fsp3) is 0.714. The Morgan fingerprint density at radius 3 is 2.86 bits per heavy atom. The van der Waals surface area contributed by atoms with Gasteiger partial charge in [0.1, 0.15) is 11.9 Å². The van der Waals surface area contributed by atoms with Gasteiger partial charge in [0.25, 0.3) is 0 Å². The van der Waals surface area contributed by atoms with Gasteiger partial charge in [0, 0.05) is 18.1 Å². The molecule has 2 aliphatic rings. The number of hydrogen-bond donors (Lipinski definition) is 2. The summed E-state index contributed by atoms with van der Waals surface area (Å²) in [5.74, 6) is 2.29. The Morgan fingerprint density at radius 1 is 1.41 bits per heavy atom. The first kappa shape index (κ1) is 15.3. The second-order valence-electron chi connectivity index (χ2n) is 5.75. The molecule has 0 unspecified atom stereocenters. The summed E-state index contributed by atoms with van der Waals surface area (Å²) in [7, 11) is 0. The van der Waals surface area contributed by atoms with Crippen molar-refractivity contribution in [3.8, 4) is 0 Å². The first-order valence-electron chi connectivity index (χ1n) is 7.79. The summed E-state index contributed by atoms with van der Waals surface area (Å²) in [6.07, 6.45) is 4.87. The van der Waals surface area contributed by atoms with Crippen LogP contribution in [0.25, 0.3) is 0 Å². The maximum Gasteiger partial charge on any atom is 0.250 e. The first-order valence-corrected chi connectivity index (χ1v) is 8.95. The van der Waals surface area contributed by atoms with E-state index < -0.39 is 6.04 Å². The zero-order valence-electron chi connectivity index (χ0n) is 12.7. The van der Waals surface area contributed by atoms with E-state index in [-0.39, 0.29) is 23.7 Å². The van der Waals surface area contributed by atoms with Crippen molar-refractivity contribution >= 4 is 29.5 Å². The number of nitrogens with zero attached hydrogens (tertiary/aromatic N) is 3. The molecule has 2 heterocycles. The zero-order valence-corrected chi connectivity index (χ0v) is 13.5. The number of carbonyl (C=O) groups is 2. The van der Waals surface area contributed by atoms with Gasteiger partial charge in [0.2, 0.25) is 17.8 Å². The average molecular weight is 323 g/mol. The summed E-state index contributed by atoms with van der Waals surface area (Å²) < 4.78 is 0. The van der Waals surface area contributed by atoms with Crippen LogP contribution in [0.15, 0.2) is 0 Å². The molecule has 2 fully saturated rings. The van der Waals surface area contributed by atoms with Crippen molar-refractivity contribution < 1.29 is 9.59 Å². The first-order chi connectivity index (χ1) is 10.7. The molecule has 0 aromatic carbocycles. The zero-order chi connectivity index (χ0) is 15.5. The number of rotatable bonds is 4. The second kappa shape index (κ2) is 6.68. The summed E-state index contributed by atoms with van der Waals surface area (Å²) in [5, 5.41) is 9.45. The summed E-state index contributed by atoms with van der Waals surface area (Å²) >= 11 is 1.62. The molecule has 3 rings (SSSR count). The Labute approximate surface area is 133 Å². The lowest BCUT2D eigenvalue weighted by molar-refractivity contribution is -0.139. The van der Waals surface area contributed by atoms with Gasteiger partial charge in [-0.05, 0) is 12.8 Å². The van der Waals surface area contributed by atoms with Crippen LogP contribution in [0.1, 0.15) is 38.4 Å². The van der Waals surface area contributed by atoms with Gasteiger partial charge < -0.3 is 4.90 Å². The number of thioether (sulfide) groups is 1. The Bertz CT molecular complexity index is 555. The lowest BCUT2D eigenvalue weighted by Gasteiger charge is -2.25. The van der Waals surface area contributed by atoms with Crippen LogP contribution in [0.5, 0.6) is 0 Å². The van der Waals surface area contributed by atoms with Gasteiger partial charge in [-0.1, -0.05) is 19.8 Å². The van der Waals surface area contributed by atoms with Crippen molar-refractivity contribution in [1.82, 2.24) is 20.1 Å². The number of anilines is 1. The number of aromatic amines is 1. The van der Waals surface area contributed by atoms with Gasteiger partial charge in [-0.15, -0.1) is 16.9 Å². The van der Waals surface area contributed by atoms with E-state index in [1.54, 1.807) is 16.7 Å². The van der Waals surface area contributed by atoms with Crippen LogP contribution in [0.2, 0.25) is 0 Å². The molecule has 7 nitrogen and oxygen atoms in total. The number of hydrogen-bond acceptors (Lipinski definition) is 5. The second-order valence-corrected chi connectivity index (χ2v) is 6.75. The van der Waals surface area contributed by atoms with Crippen LogP contribution in [0, 0.1) is 5.92 Å². The molecular formula is C14H21N5O2S. The highest BCUT2D eigenvalue weighted by Gasteiger charge is 2.38. The number of carbonyl (C=O) groups excluding carboxylic acids is 2. The van der Waals surface area contributed by atoms with Gasteiger partial charge >= 0.3 is 0 Å². The fourth-order valence-electron chi connectivity index (χ4n) is 2.99. The molecule has 0 bridgehead atoms. The van der Waals surface area contributed by atoms with Crippen molar-refractivity contribution in [2.45, 2.75) is 45.1 Å². The maximum absolute atomic E-state index is 12.6. The molecule has 1 aliphatic heterocycles. The van der Waals surface area contributed by atoms with Crippen LogP contribution >= 0.6 is 11.8 Å². The van der Waals surface area contributed by atoms with Crippen LogP contribution in [0.3, 0.4) is 0 Å². The molecule has 1 aromatic rings. The van der Waals surface area contributed by atoms with E-state index in [0.29, 0.717) is 11.6 Å². The lowest BCUT2D eigenvalue weighted by Crippen LogP contribution is -2.46. The Hall–Kier alpha value is -1.57. The van der Waals surface area contributed by atoms with Gasteiger partial charge in [-0.2, -0.15) is 4.98 Å². The van der Waals surface area contributed by atoms with Gasteiger partial charge in [0.15, 0.2) is 0 Å². The minimum absolute atomic E-state index is 0.101. The van der Waals surface area contributed by atoms with Crippen molar-refractivity contribution in [1.29, 1.82) is 0 Å². The number of aryl methyl sites for hydroxylation is 1. The summed E-state index contributed by atoms with van der Waals surface area (Å²) in [6, 6.07) is -0.415. The molecule has 120 valence electrons. The molecule has 1 atom stereocenters. The summed E-state index contributed by atoms with van der Waals surface area (Å²) in [6.45, 7) is 1.96. The Kier molecular flexibility index (Phi) is 4.66. The topological polar surface area (TPSA) is 91.0 Å². The molecule has 1 aliphatic carbocycles. The van der Waals surface area contributed by atoms with E-state index in [2.05, 4.69) is 20.5 Å². The van der Waals surface area contributed by atoms with E-state index in [1.807, 2.05) is 6.92 Å². The summed E-state index contributed by atoms with van der Waals surface area (Å²) in [5.41, 5.74) is 0. The number of H-pyrrole nitrogens is 1. The Morgan fingerprint density at radius 2 is 2.18 bits per heavy atom. The average Bonchev–Trinajstić information content (AvgIpc) is 3.26. The van der Waals surface area contributed by atoms with E-state index in [1.165, 1.54) is 0 Å². The summed E-state index contributed by atoms with van der Waals surface area (Å²) in [4.78, 5) is 30.9.